The number of nitrogens with one attached hydrogen (secondary N) is 1. The zero-order chi connectivity index (χ0) is 22.1. The number of hydrogen-bond acceptors (Lipinski definition) is 5. The summed E-state index contributed by atoms with van der Waals surface area (Å²) in [6, 6.07) is 12.6. The fourth-order valence-electron chi connectivity index (χ4n) is 3.13. The molecule has 0 unspecified atom stereocenters. The van der Waals surface area contributed by atoms with Crippen molar-refractivity contribution < 1.29 is 13.9 Å². The number of methoxy groups -OCH3 is 1. The number of hydrogen-bond donors (Lipinski definition) is 1. The van der Waals surface area contributed by atoms with Crippen LogP contribution in [-0.2, 0) is 11.3 Å². The summed E-state index contributed by atoms with van der Waals surface area (Å²) in [6.45, 7) is 1.31. The molecule has 10 heteroatoms. The first kappa shape index (κ1) is 20.5. The molecule has 0 aliphatic heterocycles. The Morgan fingerprint density at radius 3 is 2.65 bits per heavy atom. The van der Waals surface area contributed by atoms with Crippen molar-refractivity contribution in [1.82, 2.24) is 19.2 Å². The van der Waals surface area contributed by atoms with Gasteiger partial charge in [-0.1, -0.05) is 11.6 Å². The Labute approximate surface area is 180 Å². The average Bonchev–Trinajstić information content (AvgIpc) is 3.06. The highest BCUT2D eigenvalue weighted by atomic mass is 35.5. The van der Waals surface area contributed by atoms with Gasteiger partial charge in [-0.2, -0.15) is 0 Å². The van der Waals surface area contributed by atoms with Crippen molar-refractivity contribution in [2.75, 3.05) is 12.4 Å². The highest BCUT2D eigenvalue weighted by molar-refractivity contribution is 6.33. The summed E-state index contributed by atoms with van der Waals surface area (Å²) in [6.07, 6.45) is 0. The quantitative estimate of drug-likeness (QED) is 0.513. The molecule has 1 N–H and O–H groups in total. The van der Waals surface area contributed by atoms with Gasteiger partial charge in [-0.15, -0.1) is 5.10 Å². The lowest BCUT2D eigenvalue weighted by molar-refractivity contribution is -0.117. The average molecular weight is 442 g/mol. The molecular formula is C21H17ClFN5O3. The molecule has 0 fully saturated rings. The zero-order valence-corrected chi connectivity index (χ0v) is 17.4. The van der Waals surface area contributed by atoms with Crippen molar-refractivity contribution in [3.63, 3.8) is 0 Å². The Hall–Kier alpha value is -3.72. The first-order chi connectivity index (χ1) is 14.9. The second-order valence-corrected chi connectivity index (χ2v) is 7.13. The predicted molar refractivity (Wildman–Crippen MR) is 114 cm³/mol. The van der Waals surface area contributed by atoms with E-state index in [4.69, 9.17) is 16.3 Å². The van der Waals surface area contributed by atoms with Crippen LogP contribution < -0.4 is 15.7 Å². The Balaban J connectivity index is 1.64. The van der Waals surface area contributed by atoms with E-state index in [2.05, 4.69) is 15.4 Å². The van der Waals surface area contributed by atoms with Crippen LogP contribution in [0.15, 0.2) is 53.3 Å². The van der Waals surface area contributed by atoms with Crippen LogP contribution in [0.5, 0.6) is 5.75 Å². The number of anilines is 1. The van der Waals surface area contributed by atoms with E-state index in [1.54, 1.807) is 20.1 Å². The van der Waals surface area contributed by atoms with Gasteiger partial charge in [-0.05, 0) is 49.4 Å². The fraction of sp³-hybridized carbons (Fsp3) is 0.143. The molecule has 0 aliphatic rings. The largest absolute Gasteiger partial charge is 0.497 e. The molecule has 4 rings (SSSR count). The van der Waals surface area contributed by atoms with Crippen molar-refractivity contribution in [3.05, 3.63) is 75.7 Å². The highest BCUT2D eigenvalue weighted by Gasteiger charge is 2.16. The molecule has 158 valence electrons. The van der Waals surface area contributed by atoms with Crippen molar-refractivity contribution in [2.45, 2.75) is 13.5 Å². The van der Waals surface area contributed by atoms with E-state index in [9.17, 15) is 14.0 Å². The molecule has 0 saturated heterocycles. The van der Waals surface area contributed by atoms with Crippen molar-refractivity contribution in [2.24, 2.45) is 0 Å². The fourth-order valence-corrected chi connectivity index (χ4v) is 3.30. The lowest BCUT2D eigenvalue weighted by Crippen LogP contribution is -2.29. The third kappa shape index (κ3) is 4.13. The minimum absolute atomic E-state index is 0.114. The van der Waals surface area contributed by atoms with Crippen LogP contribution in [0.1, 0.15) is 5.82 Å². The van der Waals surface area contributed by atoms with Crippen LogP contribution in [0.2, 0.25) is 5.02 Å². The van der Waals surface area contributed by atoms with E-state index < -0.39 is 17.4 Å². The summed E-state index contributed by atoms with van der Waals surface area (Å²) in [5, 5.41) is 6.92. The van der Waals surface area contributed by atoms with Gasteiger partial charge in [0.05, 0.1) is 23.5 Å². The number of nitrogens with zero attached hydrogens (tertiary/aromatic N) is 4. The van der Waals surface area contributed by atoms with Gasteiger partial charge in [0, 0.05) is 11.6 Å². The number of benzene rings is 2. The Morgan fingerprint density at radius 1 is 1.19 bits per heavy atom. The number of halogens is 2. The van der Waals surface area contributed by atoms with E-state index in [1.165, 1.54) is 16.5 Å². The van der Waals surface area contributed by atoms with Crippen LogP contribution >= 0.6 is 11.6 Å². The molecule has 31 heavy (non-hydrogen) atoms. The standard InChI is InChI=1S/C21H17ClFN5O3/c1-12-24-17(13-3-6-15(31-2)7-4-13)10-19-26-27(21(30)28(12)19)11-20(29)25-18-9-14(23)5-8-16(18)22/h3-10H,11H2,1-2H3,(H,25,29). The second kappa shape index (κ2) is 8.19. The normalized spacial score (nSPS) is 11.0. The second-order valence-electron chi connectivity index (χ2n) is 6.72. The van der Waals surface area contributed by atoms with E-state index in [0.717, 1.165) is 16.3 Å². The van der Waals surface area contributed by atoms with Gasteiger partial charge in [0.15, 0.2) is 5.65 Å². The summed E-state index contributed by atoms with van der Waals surface area (Å²) in [5.41, 5.74) is 1.40. The molecule has 0 spiro atoms. The number of carbonyl (C=O) groups is 1. The van der Waals surface area contributed by atoms with Crippen molar-refractivity contribution >= 4 is 28.8 Å². The monoisotopic (exact) mass is 441 g/mol. The third-order valence-corrected chi connectivity index (χ3v) is 4.95. The first-order valence-electron chi connectivity index (χ1n) is 9.22. The lowest BCUT2D eigenvalue weighted by Gasteiger charge is -2.06. The van der Waals surface area contributed by atoms with E-state index >= 15 is 0 Å². The summed E-state index contributed by atoms with van der Waals surface area (Å²) in [4.78, 5) is 29.6. The van der Waals surface area contributed by atoms with Crippen LogP contribution in [0.4, 0.5) is 10.1 Å². The van der Waals surface area contributed by atoms with Gasteiger partial charge in [0.1, 0.15) is 23.9 Å². The van der Waals surface area contributed by atoms with Crippen LogP contribution in [0, 0.1) is 12.7 Å². The van der Waals surface area contributed by atoms with E-state index in [0.29, 0.717) is 22.9 Å². The van der Waals surface area contributed by atoms with Gasteiger partial charge in [0.2, 0.25) is 5.91 Å². The number of aryl methyl sites for hydroxylation is 1. The Morgan fingerprint density at radius 2 is 1.94 bits per heavy atom. The van der Waals surface area contributed by atoms with Gasteiger partial charge >= 0.3 is 5.69 Å². The van der Waals surface area contributed by atoms with Crippen LogP contribution in [-0.4, -0.2) is 32.2 Å². The SMILES string of the molecule is COc1ccc(-c2cc3nn(CC(=O)Nc4cc(F)ccc4Cl)c(=O)n3c(C)n2)cc1. The number of fused-ring (bicyclic) bond motifs is 1. The van der Waals surface area contributed by atoms with Crippen LogP contribution in [0.3, 0.4) is 0 Å². The van der Waals surface area contributed by atoms with Crippen molar-refractivity contribution in [3.8, 4) is 17.0 Å². The number of carbonyl (C=O) groups excluding carboxylic acids is 1. The molecule has 0 radical (unpaired) electrons. The summed E-state index contributed by atoms with van der Waals surface area (Å²) in [5.74, 6) is 0.0240. The Bertz CT molecular complexity index is 1350. The molecule has 4 aromatic rings. The molecule has 0 saturated carbocycles. The maximum absolute atomic E-state index is 13.4. The van der Waals surface area contributed by atoms with Crippen molar-refractivity contribution in [1.29, 1.82) is 0 Å². The summed E-state index contributed by atoms with van der Waals surface area (Å²) in [7, 11) is 1.58. The van der Waals surface area contributed by atoms with Gasteiger partial charge < -0.3 is 10.1 Å². The maximum Gasteiger partial charge on any atom is 0.352 e. The zero-order valence-electron chi connectivity index (χ0n) is 16.6. The molecule has 2 heterocycles. The number of amides is 1. The van der Waals surface area contributed by atoms with E-state index in [-0.39, 0.29) is 17.3 Å². The number of aromatic nitrogens is 4. The highest BCUT2D eigenvalue weighted by Crippen LogP contribution is 2.23. The van der Waals surface area contributed by atoms with Gasteiger partial charge in [-0.25, -0.2) is 23.3 Å². The lowest BCUT2D eigenvalue weighted by atomic mass is 10.1. The molecule has 0 atom stereocenters. The molecular weight excluding hydrogens is 425 g/mol. The topological polar surface area (TPSA) is 90.5 Å². The molecule has 8 nitrogen and oxygen atoms in total. The summed E-state index contributed by atoms with van der Waals surface area (Å²) < 4.78 is 20.9. The maximum atomic E-state index is 13.4. The van der Waals surface area contributed by atoms with Gasteiger partial charge in [-0.3, -0.25) is 4.79 Å². The third-order valence-electron chi connectivity index (χ3n) is 4.62. The number of rotatable bonds is 5. The molecule has 0 bridgehead atoms. The molecule has 0 aliphatic carbocycles. The minimum Gasteiger partial charge on any atom is -0.497 e. The Kier molecular flexibility index (Phi) is 5.43. The molecule has 2 aromatic heterocycles. The smallest absolute Gasteiger partial charge is 0.352 e. The first-order valence-corrected chi connectivity index (χ1v) is 9.60. The molecule has 2 aromatic carbocycles. The number of ether oxygens (including phenoxy) is 1. The summed E-state index contributed by atoms with van der Waals surface area (Å²) >= 11 is 5.97. The van der Waals surface area contributed by atoms with Crippen LogP contribution in [0.25, 0.3) is 16.9 Å². The minimum atomic E-state index is -0.570. The predicted octanol–water partition coefficient (Wildman–Crippen LogP) is 3.31. The van der Waals surface area contributed by atoms with Gasteiger partial charge in [0.25, 0.3) is 0 Å². The molecule has 1 amide bonds. The van der Waals surface area contributed by atoms with E-state index in [1.807, 2.05) is 24.3 Å².